The summed E-state index contributed by atoms with van der Waals surface area (Å²) in [6.07, 6.45) is 3.88. The number of furan rings is 2. The number of hydrazone groups is 1. The van der Waals surface area contributed by atoms with E-state index in [-0.39, 0.29) is 18.9 Å². The summed E-state index contributed by atoms with van der Waals surface area (Å²) in [5.41, 5.74) is 1.08. The summed E-state index contributed by atoms with van der Waals surface area (Å²) in [5, 5.41) is 8.90. The minimum atomic E-state index is -0.543. The number of carbonyl (C=O) groups excluding carboxylic acids is 3. The monoisotopic (exact) mass is 483 g/mol. The Morgan fingerprint density at radius 1 is 1.09 bits per heavy atom. The van der Waals surface area contributed by atoms with E-state index in [0.717, 1.165) is 0 Å². The van der Waals surface area contributed by atoms with E-state index in [9.17, 15) is 14.4 Å². The van der Waals surface area contributed by atoms with Crippen LogP contribution in [0.15, 0.2) is 75.0 Å². The van der Waals surface area contributed by atoms with E-state index in [2.05, 4.69) is 10.4 Å². The highest BCUT2D eigenvalue weighted by atomic mass is 35.5. The molecular weight excluding hydrogens is 462 g/mol. The zero-order valence-electron chi connectivity index (χ0n) is 18.1. The lowest BCUT2D eigenvalue weighted by Crippen LogP contribution is -2.31. The number of halogens is 1. The first-order valence-electron chi connectivity index (χ1n) is 10.7. The highest BCUT2D eigenvalue weighted by Gasteiger charge is 2.36. The maximum absolute atomic E-state index is 12.8. The topological polar surface area (TPSA) is 114 Å². The molecule has 0 bridgehead atoms. The van der Waals surface area contributed by atoms with Gasteiger partial charge < -0.3 is 18.9 Å². The van der Waals surface area contributed by atoms with E-state index in [1.54, 1.807) is 48.5 Å². The van der Waals surface area contributed by atoms with Gasteiger partial charge in [-0.15, -0.1) is 0 Å². The predicted molar refractivity (Wildman–Crippen MR) is 122 cm³/mol. The van der Waals surface area contributed by atoms with Gasteiger partial charge in [-0.2, -0.15) is 5.10 Å². The molecule has 3 heterocycles. The van der Waals surface area contributed by atoms with Crippen molar-refractivity contribution in [3.8, 4) is 0 Å². The zero-order valence-corrected chi connectivity index (χ0v) is 18.9. The number of rotatable bonds is 9. The average Bonchev–Trinajstić information content (AvgIpc) is 3.61. The molecule has 34 heavy (non-hydrogen) atoms. The van der Waals surface area contributed by atoms with Crippen LogP contribution in [0.4, 0.5) is 0 Å². The van der Waals surface area contributed by atoms with Crippen molar-refractivity contribution in [3.63, 3.8) is 0 Å². The number of hydrogen-bond acceptors (Lipinski definition) is 7. The molecule has 1 unspecified atom stereocenters. The molecule has 1 atom stereocenters. The van der Waals surface area contributed by atoms with E-state index >= 15 is 0 Å². The highest BCUT2D eigenvalue weighted by Crippen LogP contribution is 2.33. The molecule has 10 heteroatoms. The van der Waals surface area contributed by atoms with Gasteiger partial charge in [-0.25, -0.2) is 5.01 Å². The molecule has 0 aliphatic carbocycles. The van der Waals surface area contributed by atoms with Crippen LogP contribution in [0.3, 0.4) is 0 Å². The molecule has 2 amide bonds. The Labute approximate surface area is 200 Å². The normalized spacial score (nSPS) is 15.1. The first-order chi connectivity index (χ1) is 16.5. The van der Waals surface area contributed by atoms with Gasteiger partial charge in [-0.1, -0.05) is 11.6 Å². The summed E-state index contributed by atoms with van der Waals surface area (Å²) in [6, 6.07) is 13.0. The van der Waals surface area contributed by atoms with E-state index in [0.29, 0.717) is 40.7 Å². The maximum Gasteiger partial charge on any atom is 0.306 e. The Morgan fingerprint density at radius 2 is 1.85 bits per heavy atom. The van der Waals surface area contributed by atoms with Crippen molar-refractivity contribution < 1.29 is 28.0 Å². The lowest BCUT2D eigenvalue weighted by molar-refractivity contribution is -0.153. The summed E-state index contributed by atoms with van der Waals surface area (Å²) in [4.78, 5) is 36.9. The number of hydrogen-bond donors (Lipinski definition) is 1. The number of nitrogens with one attached hydrogen (secondary N) is 1. The molecule has 9 nitrogen and oxygen atoms in total. The molecule has 0 radical (unpaired) electrons. The molecular formula is C24H22ClN3O6. The van der Waals surface area contributed by atoms with Crippen molar-refractivity contribution in [2.75, 3.05) is 13.2 Å². The van der Waals surface area contributed by atoms with Gasteiger partial charge in [0.05, 0.1) is 12.5 Å². The molecule has 2 aromatic heterocycles. The molecule has 0 spiro atoms. The van der Waals surface area contributed by atoms with Gasteiger partial charge in [0.1, 0.15) is 23.3 Å². The third-order valence-electron chi connectivity index (χ3n) is 5.15. The Balaban J connectivity index is 1.24. The van der Waals surface area contributed by atoms with Crippen LogP contribution in [0.5, 0.6) is 0 Å². The smallest absolute Gasteiger partial charge is 0.306 e. The predicted octanol–water partition coefficient (Wildman–Crippen LogP) is 3.96. The number of nitrogens with zero attached hydrogens (tertiary/aromatic N) is 2. The Kier molecular flexibility index (Phi) is 7.44. The number of amides is 2. The molecule has 0 saturated carbocycles. The van der Waals surface area contributed by atoms with Gasteiger partial charge in [0.2, 0.25) is 0 Å². The molecule has 1 aliphatic rings. The van der Waals surface area contributed by atoms with Crippen molar-refractivity contribution in [2.24, 2.45) is 5.10 Å². The maximum atomic E-state index is 12.8. The van der Waals surface area contributed by atoms with E-state index in [4.69, 9.17) is 25.2 Å². The van der Waals surface area contributed by atoms with Gasteiger partial charge in [0.25, 0.3) is 11.8 Å². The highest BCUT2D eigenvalue weighted by molar-refractivity contribution is 6.30. The van der Waals surface area contributed by atoms with Crippen LogP contribution < -0.4 is 5.32 Å². The summed E-state index contributed by atoms with van der Waals surface area (Å²) in [6.45, 7) is -0.171. The first-order valence-corrected chi connectivity index (χ1v) is 11.1. The molecule has 4 rings (SSSR count). The Hall–Kier alpha value is -3.85. The van der Waals surface area contributed by atoms with Crippen LogP contribution >= 0.6 is 11.6 Å². The fourth-order valence-corrected chi connectivity index (χ4v) is 3.58. The average molecular weight is 484 g/mol. The standard InChI is InChI=1S/C24H22ClN3O6/c25-17-9-7-16(8-10-17)24(31)26-11-1-6-23(30)34-15-22(29)28-19(21-5-3-13-33-21)14-18(27-28)20-4-2-12-32-20/h2-5,7-10,12-13,19H,1,6,11,14-15H2,(H,26,31). The molecule has 0 fully saturated rings. The summed E-state index contributed by atoms with van der Waals surface area (Å²) in [7, 11) is 0. The number of benzene rings is 1. The van der Waals surface area contributed by atoms with E-state index < -0.39 is 24.5 Å². The minimum absolute atomic E-state index is 0.0523. The van der Waals surface area contributed by atoms with Crippen LogP contribution in [-0.2, 0) is 14.3 Å². The molecule has 1 aliphatic heterocycles. The fourth-order valence-electron chi connectivity index (χ4n) is 3.45. The number of carbonyl (C=O) groups is 3. The van der Waals surface area contributed by atoms with Crippen molar-refractivity contribution in [2.45, 2.75) is 25.3 Å². The second-order valence-electron chi connectivity index (χ2n) is 7.52. The second kappa shape index (κ2) is 10.8. The van der Waals surface area contributed by atoms with Crippen LogP contribution in [0, 0.1) is 0 Å². The number of ether oxygens (including phenoxy) is 1. The van der Waals surface area contributed by atoms with Crippen molar-refractivity contribution in [1.82, 2.24) is 10.3 Å². The molecule has 0 saturated heterocycles. The van der Waals surface area contributed by atoms with Gasteiger partial charge in [0, 0.05) is 30.0 Å². The summed E-state index contributed by atoms with van der Waals surface area (Å²) in [5.74, 6) is -0.153. The second-order valence-corrected chi connectivity index (χ2v) is 7.96. The van der Waals surface area contributed by atoms with Crippen LogP contribution in [-0.4, -0.2) is 41.7 Å². The zero-order chi connectivity index (χ0) is 23.9. The molecule has 1 aromatic carbocycles. The van der Waals surface area contributed by atoms with Gasteiger partial charge in [0.15, 0.2) is 6.61 Å². The number of esters is 1. The van der Waals surface area contributed by atoms with Crippen molar-refractivity contribution in [1.29, 1.82) is 0 Å². The summed E-state index contributed by atoms with van der Waals surface area (Å²) < 4.78 is 16.0. The van der Waals surface area contributed by atoms with Gasteiger partial charge in [-0.05, 0) is 55.0 Å². The lowest BCUT2D eigenvalue weighted by Gasteiger charge is -2.19. The third-order valence-corrected chi connectivity index (χ3v) is 5.40. The molecule has 1 N–H and O–H groups in total. The van der Waals surface area contributed by atoms with E-state index in [1.165, 1.54) is 17.5 Å². The molecule has 176 valence electrons. The van der Waals surface area contributed by atoms with Gasteiger partial charge >= 0.3 is 5.97 Å². The first kappa shape index (κ1) is 23.3. The quantitative estimate of drug-likeness (QED) is 0.364. The van der Waals surface area contributed by atoms with Crippen molar-refractivity contribution >= 4 is 35.1 Å². The lowest BCUT2D eigenvalue weighted by atomic mass is 10.1. The SMILES string of the molecule is O=C(CCCNC(=O)c1ccc(Cl)cc1)OCC(=O)N1N=C(c2ccco2)CC1c1ccco1. The van der Waals surface area contributed by atoms with E-state index in [1.807, 2.05) is 0 Å². The third kappa shape index (κ3) is 5.74. The van der Waals surface area contributed by atoms with Crippen LogP contribution in [0.2, 0.25) is 5.02 Å². The Bertz CT molecular complexity index is 1160. The summed E-state index contributed by atoms with van der Waals surface area (Å²) >= 11 is 5.81. The van der Waals surface area contributed by atoms with Crippen LogP contribution in [0.25, 0.3) is 0 Å². The molecule has 3 aromatic rings. The Morgan fingerprint density at radius 3 is 2.56 bits per heavy atom. The largest absolute Gasteiger partial charge is 0.467 e. The van der Waals surface area contributed by atoms with Crippen LogP contribution in [0.1, 0.15) is 47.2 Å². The minimum Gasteiger partial charge on any atom is -0.467 e. The van der Waals surface area contributed by atoms with Gasteiger partial charge in [-0.3, -0.25) is 14.4 Å². The fraction of sp³-hybridized carbons (Fsp3) is 0.250. The van der Waals surface area contributed by atoms with Crippen molar-refractivity contribution in [3.05, 3.63) is 83.2 Å².